The smallest absolute Gasteiger partial charge is 0.291 e. The van der Waals surface area contributed by atoms with Gasteiger partial charge in [0.15, 0.2) is 0 Å². The number of aromatic nitrogens is 2. The second-order valence-corrected chi connectivity index (χ2v) is 7.79. The maximum atomic E-state index is 12.5. The third-order valence-corrected chi connectivity index (χ3v) is 5.50. The van der Waals surface area contributed by atoms with Gasteiger partial charge >= 0.3 is 0 Å². The Balaban J connectivity index is 2.20. The SMILES string of the molecule is COCCNC(=O)c1ccccc1NS(=O)(=O)c1nnc(NC(C)=O)s1. The molecule has 0 aliphatic carbocycles. The van der Waals surface area contributed by atoms with Gasteiger partial charge in [-0.1, -0.05) is 23.5 Å². The van der Waals surface area contributed by atoms with Crippen LogP contribution in [0.1, 0.15) is 17.3 Å². The molecule has 0 bridgehead atoms. The van der Waals surface area contributed by atoms with E-state index >= 15 is 0 Å². The molecule has 1 aromatic carbocycles. The monoisotopic (exact) mass is 399 g/mol. The summed E-state index contributed by atoms with van der Waals surface area (Å²) in [5, 5.41) is 12.2. The van der Waals surface area contributed by atoms with E-state index in [9.17, 15) is 18.0 Å². The van der Waals surface area contributed by atoms with Crippen LogP contribution in [0.2, 0.25) is 0 Å². The number of nitrogens with zero attached hydrogens (tertiary/aromatic N) is 2. The van der Waals surface area contributed by atoms with Gasteiger partial charge in [-0.2, -0.15) is 8.42 Å². The lowest BCUT2D eigenvalue weighted by Gasteiger charge is -2.11. The van der Waals surface area contributed by atoms with Gasteiger partial charge in [0.25, 0.3) is 20.3 Å². The number of hydrogen-bond donors (Lipinski definition) is 3. The number of benzene rings is 1. The number of hydrogen-bond acceptors (Lipinski definition) is 8. The van der Waals surface area contributed by atoms with Gasteiger partial charge in [-0.05, 0) is 12.1 Å². The van der Waals surface area contributed by atoms with Crippen LogP contribution in [-0.4, -0.2) is 50.7 Å². The summed E-state index contributed by atoms with van der Waals surface area (Å²) in [4.78, 5) is 23.2. The van der Waals surface area contributed by atoms with Crippen LogP contribution < -0.4 is 15.4 Å². The summed E-state index contributed by atoms with van der Waals surface area (Å²) in [5.41, 5.74) is 0.248. The average molecular weight is 399 g/mol. The molecule has 0 fully saturated rings. The van der Waals surface area contributed by atoms with Crippen molar-refractivity contribution >= 4 is 44.0 Å². The van der Waals surface area contributed by atoms with Crippen molar-refractivity contribution in [3.63, 3.8) is 0 Å². The van der Waals surface area contributed by atoms with E-state index in [1.54, 1.807) is 12.1 Å². The van der Waals surface area contributed by atoms with E-state index in [1.807, 2.05) is 0 Å². The first-order chi connectivity index (χ1) is 12.3. The fraction of sp³-hybridized carbons (Fsp3) is 0.286. The lowest BCUT2D eigenvalue weighted by atomic mass is 10.2. The molecule has 1 heterocycles. The number of carbonyl (C=O) groups is 2. The summed E-state index contributed by atoms with van der Waals surface area (Å²) in [5.74, 6) is -0.840. The molecule has 2 aromatic rings. The highest BCUT2D eigenvalue weighted by Gasteiger charge is 2.23. The second kappa shape index (κ2) is 8.69. The molecule has 0 aliphatic rings. The number of ether oxygens (including phenoxy) is 1. The molecule has 2 amide bonds. The minimum atomic E-state index is -4.07. The average Bonchev–Trinajstić information content (AvgIpc) is 3.04. The molecule has 10 nitrogen and oxygen atoms in total. The summed E-state index contributed by atoms with van der Waals surface area (Å²) < 4.78 is 31.8. The normalized spacial score (nSPS) is 11.0. The number of rotatable bonds is 8. The van der Waals surface area contributed by atoms with E-state index in [2.05, 4.69) is 25.6 Å². The van der Waals surface area contributed by atoms with Gasteiger partial charge in [-0.3, -0.25) is 14.3 Å². The van der Waals surface area contributed by atoms with Crippen LogP contribution in [-0.2, 0) is 19.6 Å². The summed E-state index contributed by atoms with van der Waals surface area (Å²) in [7, 11) is -2.57. The van der Waals surface area contributed by atoms with E-state index < -0.39 is 21.8 Å². The summed E-state index contributed by atoms with van der Waals surface area (Å²) in [6.45, 7) is 1.88. The lowest BCUT2D eigenvalue weighted by molar-refractivity contribution is -0.114. The number of para-hydroxylation sites is 1. The zero-order valence-electron chi connectivity index (χ0n) is 14.0. The fourth-order valence-electron chi connectivity index (χ4n) is 1.84. The molecule has 0 radical (unpaired) electrons. The molecular weight excluding hydrogens is 382 g/mol. The van der Waals surface area contributed by atoms with Gasteiger partial charge in [-0.25, -0.2) is 0 Å². The minimum Gasteiger partial charge on any atom is -0.383 e. The van der Waals surface area contributed by atoms with Crippen LogP contribution in [0, 0.1) is 0 Å². The Hall–Kier alpha value is -2.57. The Morgan fingerprint density at radius 2 is 1.96 bits per heavy atom. The van der Waals surface area contributed by atoms with Gasteiger partial charge in [0.2, 0.25) is 11.0 Å². The van der Waals surface area contributed by atoms with Crippen LogP contribution in [0.3, 0.4) is 0 Å². The second-order valence-electron chi connectivity index (χ2n) is 4.95. The van der Waals surface area contributed by atoms with Crippen molar-refractivity contribution in [1.29, 1.82) is 0 Å². The Kier molecular flexibility index (Phi) is 6.60. The van der Waals surface area contributed by atoms with Gasteiger partial charge in [0, 0.05) is 20.6 Å². The fourth-order valence-corrected chi connectivity index (χ4v) is 3.87. The van der Waals surface area contributed by atoms with Crippen LogP contribution in [0.5, 0.6) is 0 Å². The standard InChI is InChI=1S/C14H17N5O5S2/c1-9(20)16-13-17-18-14(25-13)26(22,23)19-11-6-4-3-5-10(11)12(21)15-7-8-24-2/h3-6,19H,7-8H2,1-2H3,(H,15,21)(H,16,17,20). The van der Waals surface area contributed by atoms with Crippen molar-refractivity contribution in [2.45, 2.75) is 11.3 Å². The number of methoxy groups -OCH3 is 1. The lowest BCUT2D eigenvalue weighted by Crippen LogP contribution is -2.28. The maximum Gasteiger partial charge on any atom is 0.291 e. The Labute approximate surface area is 154 Å². The molecule has 12 heteroatoms. The Morgan fingerprint density at radius 3 is 2.65 bits per heavy atom. The third-order valence-electron chi connectivity index (χ3n) is 2.93. The first kappa shape index (κ1) is 19.8. The molecule has 0 aliphatic heterocycles. The van der Waals surface area contributed by atoms with Crippen molar-refractivity contribution < 1.29 is 22.7 Å². The molecule has 0 atom stereocenters. The van der Waals surface area contributed by atoms with E-state index in [-0.39, 0.29) is 27.3 Å². The highest BCUT2D eigenvalue weighted by Crippen LogP contribution is 2.24. The molecule has 1 aromatic heterocycles. The number of nitrogens with one attached hydrogen (secondary N) is 3. The molecule has 3 N–H and O–H groups in total. The number of amides is 2. The zero-order chi connectivity index (χ0) is 19.2. The molecule has 0 saturated heterocycles. The van der Waals surface area contributed by atoms with Crippen LogP contribution >= 0.6 is 11.3 Å². The largest absolute Gasteiger partial charge is 0.383 e. The Bertz CT molecular complexity index is 897. The summed E-state index contributed by atoms with van der Waals surface area (Å²) >= 11 is 0.697. The van der Waals surface area contributed by atoms with E-state index in [0.717, 1.165) is 0 Å². The highest BCUT2D eigenvalue weighted by molar-refractivity contribution is 7.94. The van der Waals surface area contributed by atoms with Crippen LogP contribution in [0.25, 0.3) is 0 Å². The van der Waals surface area contributed by atoms with Crippen molar-refractivity contribution in [2.75, 3.05) is 30.3 Å². The predicted molar refractivity (Wildman–Crippen MR) is 95.7 cm³/mol. The molecule has 26 heavy (non-hydrogen) atoms. The van der Waals surface area contributed by atoms with E-state index in [0.29, 0.717) is 17.9 Å². The van der Waals surface area contributed by atoms with Crippen molar-refractivity contribution in [2.24, 2.45) is 0 Å². The number of sulfonamides is 1. The maximum absolute atomic E-state index is 12.5. The van der Waals surface area contributed by atoms with Crippen molar-refractivity contribution in [3.05, 3.63) is 29.8 Å². The third kappa shape index (κ3) is 5.21. The van der Waals surface area contributed by atoms with Gasteiger partial charge < -0.3 is 15.4 Å². The van der Waals surface area contributed by atoms with Gasteiger partial charge in [-0.15, -0.1) is 10.2 Å². The predicted octanol–water partition coefficient (Wildman–Crippen LogP) is 0.673. The van der Waals surface area contributed by atoms with Crippen LogP contribution in [0.15, 0.2) is 28.6 Å². The van der Waals surface area contributed by atoms with Crippen molar-refractivity contribution in [3.8, 4) is 0 Å². The topological polar surface area (TPSA) is 139 Å². The first-order valence-corrected chi connectivity index (χ1v) is 9.63. The summed E-state index contributed by atoms with van der Waals surface area (Å²) in [6, 6.07) is 6.15. The number of carbonyl (C=O) groups excluding carboxylic acids is 2. The summed E-state index contributed by atoms with van der Waals surface area (Å²) in [6.07, 6.45) is 0. The van der Waals surface area contributed by atoms with Crippen LogP contribution in [0.4, 0.5) is 10.8 Å². The minimum absolute atomic E-state index is 0.0588. The highest BCUT2D eigenvalue weighted by atomic mass is 32.2. The first-order valence-electron chi connectivity index (χ1n) is 7.33. The van der Waals surface area contributed by atoms with Gasteiger partial charge in [0.1, 0.15) is 0 Å². The van der Waals surface area contributed by atoms with Gasteiger partial charge in [0.05, 0.1) is 17.9 Å². The Morgan fingerprint density at radius 1 is 1.23 bits per heavy atom. The molecule has 0 saturated carbocycles. The molecule has 0 spiro atoms. The molecule has 2 rings (SSSR count). The van der Waals surface area contributed by atoms with E-state index in [1.165, 1.54) is 26.2 Å². The van der Waals surface area contributed by atoms with E-state index in [4.69, 9.17) is 4.74 Å². The quantitative estimate of drug-likeness (QED) is 0.438. The number of anilines is 2. The molecular formula is C14H17N5O5S2. The molecule has 140 valence electrons. The van der Waals surface area contributed by atoms with Crippen molar-refractivity contribution in [1.82, 2.24) is 15.5 Å². The molecule has 0 unspecified atom stereocenters. The zero-order valence-corrected chi connectivity index (χ0v) is 15.6.